The van der Waals surface area contributed by atoms with Crippen molar-refractivity contribution in [2.24, 2.45) is 0 Å². The fourth-order valence-corrected chi connectivity index (χ4v) is 3.12. The van der Waals surface area contributed by atoms with Gasteiger partial charge in [-0.15, -0.1) is 0 Å². The van der Waals surface area contributed by atoms with Crippen LogP contribution < -0.4 is 5.32 Å². The smallest absolute Gasteiger partial charge is 0.291 e. The predicted octanol–water partition coefficient (Wildman–Crippen LogP) is 3.07. The van der Waals surface area contributed by atoms with E-state index in [0.717, 1.165) is 5.76 Å². The first kappa shape index (κ1) is 17.4. The molecule has 2 amide bonds. The zero-order valence-electron chi connectivity index (χ0n) is 14.8. The molecule has 27 heavy (non-hydrogen) atoms. The second-order valence-electron chi connectivity index (χ2n) is 6.33. The van der Waals surface area contributed by atoms with E-state index in [9.17, 15) is 9.59 Å². The highest BCUT2D eigenvalue weighted by Gasteiger charge is 2.27. The lowest BCUT2D eigenvalue weighted by Gasteiger charge is -2.26. The summed E-state index contributed by atoms with van der Waals surface area (Å²) in [4.78, 5) is 27.1. The Bertz CT molecular complexity index is 939. The van der Waals surface area contributed by atoms with E-state index in [1.165, 1.54) is 0 Å². The molecular formula is C20H20N2O5. The molecule has 1 fully saturated rings. The van der Waals surface area contributed by atoms with Crippen molar-refractivity contribution in [1.82, 2.24) is 4.90 Å². The Morgan fingerprint density at radius 2 is 1.89 bits per heavy atom. The van der Waals surface area contributed by atoms with Crippen molar-refractivity contribution < 1.29 is 23.2 Å². The number of ether oxygens (including phenoxy) is 1. The summed E-state index contributed by atoms with van der Waals surface area (Å²) in [5, 5.41) is 3.57. The minimum atomic E-state index is -0.240. The Morgan fingerprint density at radius 1 is 1.07 bits per heavy atom. The largest absolute Gasteiger partial charge is 0.469 e. The average Bonchev–Trinajstić information content (AvgIpc) is 3.35. The number of aryl methyl sites for hydroxylation is 1. The number of anilines is 1. The summed E-state index contributed by atoms with van der Waals surface area (Å²) in [6.45, 7) is 2.00. The lowest BCUT2D eigenvalue weighted by Crippen LogP contribution is -2.40. The molecule has 1 N–H and O–H groups in total. The van der Waals surface area contributed by atoms with Crippen LogP contribution in [-0.4, -0.2) is 43.0 Å². The van der Waals surface area contributed by atoms with E-state index in [1.54, 1.807) is 23.3 Å². The molecule has 0 atom stereocenters. The molecule has 0 radical (unpaired) electrons. The molecule has 1 saturated heterocycles. The van der Waals surface area contributed by atoms with E-state index < -0.39 is 0 Å². The summed E-state index contributed by atoms with van der Waals surface area (Å²) < 4.78 is 16.4. The van der Waals surface area contributed by atoms with E-state index in [1.807, 2.05) is 24.3 Å². The van der Waals surface area contributed by atoms with E-state index in [4.69, 9.17) is 13.6 Å². The van der Waals surface area contributed by atoms with Crippen LogP contribution in [-0.2, 0) is 16.0 Å². The van der Waals surface area contributed by atoms with Gasteiger partial charge in [0.2, 0.25) is 11.7 Å². The van der Waals surface area contributed by atoms with Gasteiger partial charge in [0, 0.05) is 31.3 Å². The number of amides is 2. The number of hydrogen-bond acceptors (Lipinski definition) is 5. The van der Waals surface area contributed by atoms with Crippen molar-refractivity contribution in [1.29, 1.82) is 0 Å². The highest BCUT2D eigenvalue weighted by atomic mass is 16.5. The van der Waals surface area contributed by atoms with E-state index >= 15 is 0 Å². The van der Waals surface area contributed by atoms with E-state index in [2.05, 4.69) is 5.32 Å². The summed E-state index contributed by atoms with van der Waals surface area (Å²) >= 11 is 0. The molecule has 0 spiro atoms. The number of fused-ring (bicyclic) bond motifs is 1. The number of nitrogens with zero attached hydrogens (tertiary/aromatic N) is 1. The third-order valence-electron chi connectivity index (χ3n) is 4.53. The van der Waals surface area contributed by atoms with Crippen LogP contribution in [0.4, 0.5) is 5.69 Å². The summed E-state index contributed by atoms with van der Waals surface area (Å²) in [5.74, 6) is 0.459. The fraction of sp³-hybridized carbons (Fsp3) is 0.300. The molecular weight excluding hydrogens is 348 g/mol. The SMILES string of the molecule is O=C(CCc1ccco1)Nc1c(C(=O)N2CCOCC2)oc2ccccc12. The van der Waals surface area contributed by atoms with Crippen molar-refractivity contribution in [2.75, 3.05) is 31.6 Å². The third-order valence-corrected chi connectivity index (χ3v) is 4.53. The molecule has 1 aliphatic heterocycles. The number of furan rings is 2. The highest BCUT2D eigenvalue weighted by Crippen LogP contribution is 2.32. The van der Waals surface area contributed by atoms with Gasteiger partial charge in [-0.2, -0.15) is 0 Å². The van der Waals surface area contributed by atoms with Gasteiger partial charge in [0.1, 0.15) is 17.0 Å². The van der Waals surface area contributed by atoms with Gasteiger partial charge >= 0.3 is 0 Å². The first-order chi connectivity index (χ1) is 13.2. The molecule has 0 unspecified atom stereocenters. The minimum absolute atomic E-state index is 0.157. The molecule has 7 nitrogen and oxygen atoms in total. The first-order valence-corrected chi connectivity index (χ1v) is 8.93. The number of para-hydroxylation sites is 1. The maximum absolute atomic E-state index is 12.9. The van der Waals surface area contributed by atoms with Crippen LogP contribution in [0.5, 0.6) is 0 Å². The lowest BCUT2D eigenvalue weighted by atomic mass is 10.2. The van der Waals surface area contributed by atoms with Crippen LogP contribution in [0.25, 0.3) is 11.0 Å². The molecule has 4 rings (SSSR count). The molecule has 1 aliphatic rings. The van der Waals surface area contributed by atoms with Gasteiger partial charge in [-0.1, -0.05) is 12.1 Å². The van der Waals surface area contributed by atoms with Gasteiger partial charge in [-0.25, -0.2) is 0 Å². The average molecular weight is 368 g/mol. The minimum Gasteiger partial charge on any atom is -0.469 e. The first-order valence-electron chi connectivity index (χ1n) is 8.93. The van der Waals surface area contributed by atoms with Crippen LogP contribution in [0.3, 0.4) is 0 Å². The Balaban J connectivity index is 1.57. The van der Waals surface area contributed by atoms with Gasteiger partial charge < -0.3 is 23.8 Å². The zero-order valence-corrected chi connectivity index (χ0v) is 14.8. The highest BCUT2D eigenvalue weighted by molar-refractivity contribution is 6.10. The number of nitrogens with one attached hydrogen (secondary N) is 1. The molecule has 0 saturated carbocycles. The van der Waals surface area contributed by atoms with Crippen molar-refractivity contribution in [2.45, 2.75) is 12.8 Å². The van der Waals surface area contributed by atoms with Crippen LogP contribution in [0.1, 0.15) is 22.7 Å². The maximum Gasteiger partial charge on any atom is 0.291 e. The number of hydrogen-bond donors (Lipinski definition) is 1. The van der Waals surface area contributed by atoms with Crippen LogP contribution in [0.15, 0.2) is 51.5 Å². The van der Waals surface area contributed by atoms with Crippen molar-refractivity contribution in [3.8, 4) is 0 Å². The fourth-order valence-electron chi connectivity index (χ4n) is 3.12. The topological polar surface area (TPSA) is 84.9 Å². The van der Waals surface area contributed by atoms with Crippen molar-refractivity contribution in [3.63, 3.8) is 0 Å². The molecule has 140 valence electrons. The normalized spacial score (nSPS) is 14.4. The number of rotatable bonds is 5. The number of carbonyl (C=O) groups excluding carboxylic acids is 2. The quantitative estimate of drug-likeness (QED) is 0.748. The van der Waals surface area contributed by atoms with Gasteiger partial charge in [-0.05, 0) is 24.3 Å². The van der Waals surface area contributed by atoms with Crippen molar-refractivity contribution >= 4 is 28.5 Å². The van der Waals surface area contributed by atoms with E-state index in [-0.39, 0.29) is 24.0 Å². The summed E-state index contributed by atoms with van der Waals surface area (Å²) in [5.41, 5.74) is 0.988. The Labute approximate surface area is 155 Å². The second kappa shape index (κ2) is 7.67. The van der Waals surface area contributed by atoms with Gasteiger partial charge in [0.25, 0.3) is 5.91 Å². The second-order valence-corrected chi connectivity index (χ2v) is 6.33. The molecule has 3 aromatic rings. The number of benzene rings is 1. The van der Waals surface area contributed by atoms with Crippen LogP contribution >= 0.6 is 0 Å². The van der Waals surface area contributed by atoms with Crippen molar-refractivity contribution in [3.05, 3.63) is 54.2 Å². The number of carbonyl (C=O) groups is 2. The summed E-state index contributed by atoms with van der Waals surface area (Å²) in [6, 6.07) is 10.9. The third kappa shape index (κ3) is 3.73. The summed E-state index contributed by atoms with van der Waals surface area (Å²) in [7, 11) is 0. The predicted molar refractivity (Wildman–Crippen MR) is 98.6 cm³/mol. The Kier molecular flexibility index (Phi) is 4.93. The van der Waals surface area contributed by atoms with Gasteiger partial charge in [0.15, 0.2) is 0 Å². The van der Waals surface area contributed by atoms with E-state index in [0.29, 0.717) is 49.4 Å². The summed E-state index contributed by atoms with van der Waals surface area (Å²) in [6.07, 6.45) is 2.31. The Morgan fingerprint density at radius 3 is 2.67 bits per heavy atom. The molecule has 2 aromatic heterocycles. The standard InChI is InChI=1S/C20H20N2O5/c23-17(8-7-14-4-3-11-26-14)21-18-15-5-1-2-6-16(15)27-19(18)20(24)22-9-12-25-13-10-22/h1-6,11H,7-10,12-13H2,(H,21,23). The van der Waals surface area contributed by atoms with Crippen LogP contribution in [0, 0.1) is 0 Å². The lowest BCUT2D eigenvalue weighted by molar-refractivity contribution is -0.116. The van der Waals surface area contributed by atoms with Gasteiger partial charge in [0.05, 0.1) is 19.5 Å². The Hall–Kier alpha value is -3.06. The van der Waals surface area contributed by atoms with Crippen LogP contribution in [0.2, 0.25) is 0 Å². The monoisotopic (exact) mass is 368 g/mol. The molecule has 1 aromatic carbocycles. The molecule has 3 heterocycles. The zero-order chi connectivity index (χ0) is 18.6. The molecule has 0 aliphatic carbocycles. The number of morpholine rings is 1. The maximum atomic E-state index is 12.9. The van der Waals surface area contributed by atoms with Gasteiger partial charge in [-0.3, -0.25) is 9.59 Å². The molecule has 0 bridgehead atoms. The molecule has 7 heteroatoms.